The molecule has 0 unspecified atom stereocenters. The summed E-state index contributed by atoms with van der Waals surface area (Å²) in [4.78, 5) is 2.37. The molecule has 0 atom stereocenters. The summed E-state index contributed by atoms with van der Waals surface area (Å²) in [6.07, 6.45) is 0. The van der Waals surface area contributed by atoms with Gasteiger partial charge in [0.15, 0.2) is 0 Å². The van der Waals surface area contributed by atoms with Crippen LogP contribution in [0.3, 0.4) is 0 Å². The van der Waals surface area contributed by atoms with Crippen LogP contribution in [0.15, 0.2) is 212 Å². The third-order valence-electron chi connectivity index (χ3n) is 11.3. The molecule has 0 radical (unpaired) electrons. The van der Waals surface area contributed by atoms with Gasteiger partial charge in [0.05, 0.1) is 0 Å². The zero-order valence-electron chi connectivity index (χ0n) is 30.6. The van der Waals surface area contributed by atoms with Crippen LogP contribution in [0, 0.1) is 0 Å². The summed E-state index contributed by atoms with van der Waals surface area (Å²) in [5.41, 5.74) is 10.7. The van der Waals surface area contributed by atoms with Crippen LogP contribution in [0.2, 0.25) is 0 Å². The summed E-state index contributed by atoms with van der Waals surface area (Å²) >= 11 is 1.88. The lowest BCUT2D eigenvalue weighted by molar-refractivity contribution is 1.28. The van der Waals surface area contributed by atoms with Crippen LogP contribution < -0.4 is 4.90 Å². The summed E-state index contributed by atoms with van der Waals surface area (Å²) in [5, 5.41) is 10.2. The van der Waals surface area contributed by atoms with Crippen LogP contribution in [-0.4, -0.2) is 0 Å². The van der Waals surface area contributed by atoms with Crippen LogP contribution in [-0.2, 0) is 0 Å². The molecule has 0 saturated heterocycles. The van der Waals surface area contributed by atoms with Gasteiger partial charge in [-0.25, -0.2) is 0 Å². The van der Waals surface area contributed by atoms with Gasteiger partial charge < -0.3 is 4.90 Å². The van der Waals surface area contributed by atoms with Crippen molar-refractivity contribution in [2.45, 2.75) is 0 Å². The van der Waals surface area contributed by atoms with Gasteiger partial charge in [-0.15, -0.1) is 11.3 Å². The number of rotatable bonds is 6. The Labute approximate surface area is 330 Å². The Bertz CT molecular complexity index is 3230. The molecule has 0 aliphatic heterocycles. The summed E-state index contributed by atoms with van der Waals surface area (Å²) in [5.74, 6) is 0. The normalized spacial score (nSPS) is 11.6. The highest BCUT2D eigenvalue weighted by atomic mass is 32.1. The van der Waals surface area contributed by atoms with Crippen LogP contribution in [0.4, 0.5) is 17.1 Å². The molecule has 0 N–H and O–H groups in total. The Kier molecular flexibility index (Phi) is 7.75. The van der Waals surface area contributed by atoms with Gasteiger partial charge in [-0.05, 0) is 120 Å². The average molecular weight is 730 g/mol. The Balaban J connectivity index is 1.01. The average Bonchev–Trinajstić information content (AvgIpc) is 3.66. The highest BCUT2D eigenvalue weighted by Gasteiger charge is 2.16. The van der Waals surface area contributed by atoms with Crippen molar-refractivity contribution in [1.29, 1.82) is 0 Å². The smallest absolute Gasteiger partial charge is 0.0462 e. The number of thiophene rings is 1. The molecule has 0 bridgehead atoms. The van der Waals surface area contributed by atoms with Crippen molar-refractivity contribution in [3.05, 3.63) is 212 Å². The summed E-state index contributed by atoms with van der Waals surface area (Å²) in [6, 6.07) is 77.7. The fraction of sp³-hybridized carbons (Fsp3) is 0. The van der Waals surface area contributed by atoms with Crippen LogP contribution in [0.5, 0.6) is 0 Å². The molecule has 10 aromatic carbocycles. The number of anilines is 3. The highest BCUT2D eigenvalue weighted by Crippen LogP contribution is 2.43. The van der Waals surface area contributed by atoms with E-state index in [1.807, 2.05) is 11.3 Å². The van der Waals surface area contributed by atoms with Crippen molar-refractivity contribution >= 4 is 80.9 Å². The van der Waals surface area contributed by atoms with Crippen molar-refractivity contribution < 1.29 is 0 Å². The van der Waals surface area contributed by atoms with Gasteiger partial charge in [0.25, 0.3) is 0 Å². The van der Waals surface area contributed by atoms with E-state index < -0.39 is 0 Å². The minimum Gasteiger partial charge on any atom is -0.311 e. The zero-order valence-corrected chi connectivity index (χ0v) is 31.4. The Morgan fingerprint density at radius 3 is 1.52 bits per heavy atom. The molecular formula is C54H35NS. The summed E-state index contributed by atoms with van der Waals surface area (Å²) < 4.78 is 2.66. The second-order valence-electron chi connectivity index (χ2n) is 14.5. The number of hydrogen-bond acceptors (Lipinski definition) is 2. The van der Waals surface area contributed by atoms with E-state index in [1.54, 1.807) is 0 Å². The second-order valence-corrected chi connectivity index (χ2v) is 15.6. The van der Waals surface area contributed by atoms with E-state index >= 15 is 0 Å². The van der Waals surface area contributed by atoms with E-state index in [4.69, 9.17) is 0 Å². The molecule has 1 heterocycles. The summed E-state index contributed by atoms with van der Waals surface area (Å²) in [6.45, 7) is 0. The molecule has 0 amide bonds. The Morgan fingerprint density at radius 2 is 0.804 bits per heavy atom. The van der Waals surface area contributed by atoms with Gasteiger partial charge in [0.2, 0.25) is 0 Å². The van der Waals surface area contributed by atoms with Gasteiger partial charge in [0, 0.05) is 37.2 Å². The SMILES string of the molecule is c1ccc2cc(-c3ccc(N(c4ccc(-c5cc6ccccc6c6ccccc56)cc4)c4ccc(-c5cccc6c5sc5ccccc56)cc4)cc3)ccc2c1. The van der Waals surface area contributed by atoms with Crippen LogP contribution >= 0.6 is 11.3 Å². The standard InChI is InChI=1S/C54H35NS/c1-2-11-40-34-41(21-20-36(40)10-1)37-22-28-43(29-23-37)55(44-30-24-38(25-31-44)47-17-9-18-51-50-16-7-8-19-53(50)56-54(47)51)45-32-26-39(27-33-45)52-35-42-12-3-4-13-46(42)48-14-5-6-15-49(48)52/h1-35H. The second kappa shape index (κ2) is 13.4. The highest BCUT2D eigenvalue weighted by molar-refractivity contribution is 7.26. The third-order valence-corrected chi connectivity index (χ3v) is 12.5. The number of benzene rings is 10. The molecule has 0 spiro atoms. The first-order chi connectivity index (χ1) is 27.7. The summed E-state index contributed by atoms with van der Waals surface area (Å²) in [7, 11) is 0. The topological polar surface area (TPSA) is 3.24 Å². The van der Waals surface area contributed by atoms with E-state index in [-0.39, 0.29) is 0 Å². The van der Waals surface area contributed by atoms with Crippen LogP contribution in [0.1, 0.15) is 0 Å². The molecule has 2 heteroatoms. The largest absolute Gasteiger partial charge is 0.311 e. The number of hydrogen-bond donors (Lipinski definition) is 0. The van der Waals surface area contributed by atoms with E-state index in [2.05, 4.69) is 217 Å². The lowest BCUT2D eigenvalue weighted by atomic mass is 9.93. The Hall–Kier alpha value is -7.00. The van der Waals surface area contributed by atoms with Crippen LogP contribution in [0.25, 0.3) is 85.9 Å². The maximum Gasteiger partial charge on any atom is 0.0462 e. The molecule has 0 aliphatic rings. The van der Waals surface area contributed by atoms with Gasteiger partial charge in [-0.1, -0.05) is 158 Å². The van der Waals surface area contributed by atoms with Crippen molar-refractivity contribution in [2.75, 3.05) is 4.90 Å². The fourth-order valence-corrected chi connectivity index (χ4v) is 9.71. The van der Waals surface area contributed by atoms with Gasteiger partial charge >= 0.3 is 0 Å². The fourth-order valence-electron chi connectivity index (χ4n) is 8.47. The molecule has 0 saturated carbocycles. The minimum atomic E-state index is 1.11. The predicted octanol–water partition coefficient (Wildman–Crippen LogP) is 16.0. The molecule has 11 aromatic rings. The van der Waals surface area contributed by atoms with Gasteiger partial charge in [0.1, 0.15) is 0 Å². The maximum atomic E-state index is 2.37. The third kappa shape index (κ3) is 5.54. The van der Waals surface area contributed by atoms with Gasteiger partial charge in [-0.3, -0.25) is 0 Å². The van der Waals surface area contributed by atoms with Crippen molar-refractivity contribution in [3.8, 4) is 33.4 Å². The lowest BCUT2D eigenvalue weighted by Gasteiger charge is -2.26. The first-order valence-electron chi connectivity index (χ1n) is 19.2. The Morgan fingerprint density at radius 1 is 0.286 bits per heavy atom. The van der Waals surface area contributed by atoms with E-state index in [0.717, 1.165) is 17.1 Å². The van der Waals surface area contributed by atoms with Gasteiger partial charge in [-0.2, -0.15) is 0 Å². The lowest BCUT2D eigenvalue weighted by Crippen LogP contribution is -2.09. The molecule has 0 fully saturated rings. The molecule has 56 heavy (non-hydrogen) atoms. The molecule has 11 rings (SSSR count). The van der Waals surface area contributed by atoms with E-state index in [1.165, 1.54) is 85.9 Å². The first-order valence-corrected chi connectivity index (χ1v) is 20.0. The first kappa shape index (κ1) is 32.4. The molecule has 0 aliphatic carbocycles. The number of nitrogens with zero attached hydrogens (tertiary/aromatic N) is 1. The molecule has 1 nitrogen and oxygen atoms in total. The quantitative estimate of drug-likeness (QED) is 0.154. The van der Waals surface area contributed by atoms with Crippen molar-refractivity contribution in [2.24, 2.45) is 0 Å². The van der Waals surface area contributed by atoms with Crippen molar-refractivity contribution in [3.63, 3.8) is 0 Å². The maximum absolute atomic E-state index is 2.37. The monoisotopic (exact) mass is 729 g/mol. The molecule has 1 aromatic heterocycles. The molecule has 262 valence electrons. The minimum absolute atomic E-state index is 1.11. The number of fused-ring (bicyclic) bond motifs is 7. The predicted molar refractivity (Wildman–Crippen MR) is 243 cm³/mol. The van der Waals surface area contributed by atoms with Crippen molar-refractivity contribution in [1.82, 2.24) is 0 Å². The zero-order chi connectivity index (χ0) is 37.0. The van der Waals surface area contributed by atoms with E-state index in [9.17, 15) is 0 Å². The van der Waals surface area contributed by atoms with E-state index in [0.29, 0.717) is 0 Å². The molecular weight excluding hydrogens is 695 g/mol.